The van der Waals surface area contributed by atoms with Crippen LogP contribution in [0.1, 0.15) is 59.1 Å². The Balaban J connectivity index is 1.55. The van der Waals surface area contributed by atoms with Crippen molar-refractivity contribution in [3.05, 3.63) is 35.0 Å². The lowest BCUT2D eigenvalue weighted by Crippen LogP contribution is -2.39. The molecule has 1 atom stereocenters. The first kappa shape index (κ1) is 15.4. The molecular formula is C17H22N4O3. The molecule has 1 amide bonds. The summed E-state index contributed by atoms with van der Waals surface area (Å²) >= 11 is 0. The van der Waals surface area contributed by atoms with Gasteiger partial charge in [0, 0.05) is 56.4 Å². The second-order valence-corrected chi connectivity index (χ2v) is 6.64. The van der Waals surface area contributed by atoms with Crippen molar-refractivity contribution in [2.75, 3.05) is 19.8 Å². The van der Waals surface area contributed by atoms with E-state index in [2.05, 4.69) is 10.3 Å². The lowest BCUT2D eigenvalue weighted by atomic mass is 9.97. The Labute approximate surface area is 140 Å². The Morgan fingerprint density at radius 1 is 1.46 bits per heavy atom. The number of amides is 1. The van der Waals surface area contributed by atoms with E-state index >= 15 is 0 Å². The van der Waals surface area contributed by atoms with Crippen LogP contribution in [-0.2, 0) is 18.3 Å². The van der Waals surface area contributed by atoms with Gasteiger partial charge in [-0.15, -0.1) is 0 Å². The van der Waals surface area contributed by atoms with Gasteiger partial charge in [0.15, 0.2) is 5.69 Å². The summed E-state index contributed by atoms with van der Waals surface area (Å²) in [4.78, 5) is 14.6. The third-order valence-corrected chi connectivity index (χ3v) is 4.66. The number of hydrogen-bond donors (Lipinski definition) is 0. The minimum atomic E-state index is -0.0818. The molecule has 0 N–H and O–H groups in total. The maximum absolute atomic E-state index is 12.8. The van der Waals surface area contributed by atoms with Crippen molar-refractivity contribution in [2.45, 2.75) is 38.1 Å². The number of carbonyl (C=O) groups excluding carboxylic acids is 1. The van der Waals surface area contributed by atoms with Gasteiger partial charge in [-0.05, 0) is 19.8 Å². The molecule has 7 nitrogen and oxygen atoms in total. The Kier molecular flexibility index (Phi) is 3.88. The molecule has 2 aliphatic rings. The van der Waals surface area contributed by atoms with Gasteiger partial charge in [0.1, 0.15) is 5.76 Å². The van der Waals surface area contributed by atoms with Crippen molar-refractivity contribution in [2.24, 2.45) is 7.05 Å². The zero-order chi connectivity index (χ0) is 16.7. The van der Waals surface area contributed by atoms with Gasteiger partial charge in [-0.3, -0.25) is 9.48 Å². The highest BCUT2D eigenvalue weighted by Crippen LogP contribution is 2.40. The van der Waals surface area contributed by atoms with Gasteiger partial charge in [-0.2, -0.15) is 5.10 Å². The molecule has 2 aromatic heterocycles. The van der Waals surface area contributed by atoms with Crippen LogP contribution in [0.25, 0.3) is 0 Å². The molecule has 0 aromatic carbocycles. The molecule has 7 heteroatoms. The number of rotatable bonds is 5. The van der Waals surface area contributed by atoms with Crippen molar-refractivity contribution in [3.8, 4) is 0 Å². The number of aromatic nitrogens is 3. The van der Waals surface area contributed by atoms with Crippen LogP contribution in [0.3, 0.4) is 0 Å². The van der Waals surface area contributed by atoms with E-state index in [1.165, 1.54) is 0 Å². The monoisotopic (exact) mass is 330 g/mol. The van der Waals surface area contributed by atoms with Gasteiger partial charge in [-0.25, -0.2) is 0 Å². The molecule has 0 saturated heterocycles. The smallest absolute Gasteiger partial charge is 0.276 e. The third kappa shape index (κ3) is 2.84. The Morgan fingerprint density at radius 2 is 2.29 bits per heavy atom. The van der Waals surface area contributed by atoms with Gasteiger partial charge in [0.05, 0.1) is 12.3 Å². The largest absolute Gasteiger partial charge is 0.381 e. The highest BCUT2D eigenvalue weighted by Gasteiger charge is 2.34. The van der Waals surface area contributed by atoms with E-state index in [9.17, 15) is 4.79 Å². The van der Waals surface area contributed by atoms with Crippen molar-refractivity contribution >= 4 is 5.91 Å². The molecule has 4 rings (SSSR count). The highest BCUT2D eigenvalue weighted by atomic mass is 16.5. The second-order valence-electron chi connectivity index (χ2n) is 6.64. The van der Waals surface area contributed by atoms with Crippen molar-refractivity contribution in [3.63, 3.8) is 0 Å². The molecule has 3 heterocycles. The molecule has 1 saturated carbocycles. The number of hydrogen-bond acceptors (Lipinski definition) is 5. The lowest BCUT2D eigenvalue weighted by Gasteiger charge is -2.31. The van der Waals surface area contributed by atoms with Gasteiger partial charge >= 0.3 is 0 Å². The van der Waals surface area contributed by atoms with Crippen LogP contribution in [0.4, 0.5) is 0 Å². The number of carbonyl (C=O) groups is 1. The highest BCUT2D eigenvalue weighted by molar-refractivity contribution is 5.92. The molecule has 1 aliphatic heterocycles. The molecule has 1 unspecified atom stereocenters. The minimum Gasteiger partial charge on any atom is -0.381 e. The van der Waals surface area contributed by atoms with Crippen LogP contribution in [0, 0.1) is 0 Å². The molecule has 0 radical (unpaired) electrons. The van der Waals surface area contributed by atoms with Gasteiger partial charge < -0.3 is 14.2 Å². The standard InChI is InChI=1S/C17H22N4O3/c1-3-23-10-13-9-21(8-12-7-20(2)18-16(12)13)17(22)14-6-15(24-19-14)11-4-5-11/h6-7,11,13H,3-5,8-10H2,1-2H3. The molecule has 24 heavy (non-hydrogen) atoms. The first-order valence-electron chi connectivity index (χ1n) is 8.51. The molecule has 1 aliphatic carbocycles. The topological polar surface area (TPSA) is 73.4 Å². The van der Waals surface area contributed by atoms with Crippen LogP contribution in [-0.4, -0.2) is 45.5 Å². The average molecular weight is 330 g/mol. The average Bonchev–Trinajstić information content (AvgIpc) is 3.17. The molecule has 0 bridgehead atoms. The number of nitrogens with zero attached hydrogens (tertiary/aromatic N) is 4. The van der Waals surface area contributed by atoms with E-state index in [0.29, 0.717) is 37.9 Å². The SMILES string of the molecule is CCOCC1CN(C(=O)c2cc(C3CC3)on2)Cc2cn(C)nc21. The predicted molar refractivity (Wildman–Crippen MR) is 85.7 cm³/mol. The summed E-state index contributed by atoms with van der Waals surface area (Å²) in [7, 11) is 1.90. The van der Waals surface area contributed by atoms with E-state index in [-0.39, 0.29) is 11.8 Å². The minimum absolute atomic E-state index is 0.0818. The van der Waals surface area contributed by atoms with Crippen LogP contribution in [0.15, 0.2) is 16.8 Å². The van der Waals surface area contributed by atoms with E-state index in [4.69, 9.17) is 9.26 Å². The first-order chi connectivity index (χ1) is 11.7. The van der Waals surface area contributed by atoms with Crippen LogP contribution >= 0.6 is 0 Å². The molecule has 1 fully saturated rings. The quantitative estimate of drug-likeness (QED) is 0.839. The van der Waals surface area contributed by atoms with Gasteiger partial charge in [0.2, 0.25) is 0 Å². The summed E-state index contributed by atoms with van der Waals surface area (Å²) in [5.41, 5.74) is 2.51. The maximum Gasteiger partial charge on any atom is 0.276 e. The molecular weight excluding hydrogens is 308 g/mol. The Morgan fingerprint density at radius 3 is 3.04 bits per heavy atom. The van der Waals surface area contributed by atoms with E-state index < -0.39 is 0 Å². The van der Waals surface area contributed by atoms with Crippen molar-refractivity contribution in [1.29, 1.82) is 0 Å². The van der Waals surface area contributed by atoms with Crippen molar-refractivity contribution in [1.82, 2.24) is 19.8 Å². The maximum atomic E-state index is 12.8. The van der Waals surface area contributed by atoms with Gasteiger partial charge in [0.25, 0.3) is 5.91 Å². The fourth-order valence-corrected chi connectivity index (χ4v) is 3.30. The van der Waals surface area contributed by atoms with E-state index in [1.54, 1.807) is 10.7 Å². The van der Waals surface area contributed by atoms with E-state index in [1.807, 2.05) is 25.1 Å². The van der Waals surface area contributed by atoms with Gasteiger partial charge in [-0.1, -0.05) is 5.16 Å². The summed E-state index contributed by atoms with van der Waals surface area (Å²) < 4.78 is 12.7. The van der Waals surface area contributed by atoms with E-state index in [0.717, 1.165) is 29.9 Å². The summed E-state index contributed by atoms with van der Waals surface area (Å²) in [6, 6.07) is 1.80. The Bertz CT molecular complexity index is 747. The molecule has 128 valence electrons. The predicted octanol–water partition coefficient (Wildman–Crippen LogP) is 2.06. The fourth-order valence-electron chi connectivity index (χ4n) is 3.30. The summed E-state index contributed by atoms with van der Waals surface area (Å²) in [5.74, 6) is 1.30. The summed E-state index contributed by atoms with van der Waals surface area (Å²) in [6.45, 7) is 4.34. The normalized spacial score (nSPS) is 20.2. The van der Waals surface area contributed by atoms with Crippen molar-refractivity contribution < 1.29 is 14.1 Å². The Hall–Kier alpha value is -2.15. The van der Waals surface area contributed by atoms with Crippen LogP contribution in [0.2, 0.25) is 0 Å². The zero-order valence-electron chi connectivity index (χ0n) is 14.1. The summed E-state index contributed by atoms with van der Waals surface area (Å²) in [6.07, 6.45) is 4.23. The zero-order valence-corrected chi connectivity index (χ0v) is 14.1. The number of fused-ring (bicyclic) bond motifs is 1. The first-order valence-corrected chi connectivity index (χ1v) is 8.51. The molecule has 2 aromatic rings. The fraction of sp³-hybridized carbons (Fsp3) is 0.588. The summed E-state index contributed by atoms with van der Waals surface area (Å²) in [5, 5.41) is 8.53. The van der Waals surface area contributed by atoms with Crippen LogP contribution in [0.5, 0.6) is 0 Å². The lowest BCUT2D eigenvalue weighted by molar-refractivity contribution is 0.0642. The number of ether oxygens (including phenoxy) is 1. The third-order valence-electron chi connectivity index (χ3n) is 4.66. The number of aryl methyl sites for hydroxylation is 1. The van der Waals surface area contributed by atoms with Crippen LogP contribution < -0.4 is 0 Å². The second kappa shape index (κ2) is 6.05. The molecule has 0 spiro atoms.